The number of ether oxygens (including phenoxy) is 1. The molecule has 0 saturated carbocycles. The van der Waals surface area contributed by atoms with Crippen LogP contribution in [0.25, 0.3) is 0 Å². The average molecular weight is 259 g/mol. The molecule has 102 valence electrons. The number of hydrogen-bond acceptors (Lipinski definition) is 7. The van der Waals surface area contributed by atoms with Crippen molar-refractivity contribution in [3.63, 3.8) is 0 Å². The molecule has 1 aromatic rings. The van der Waals surface area contributed by atoms with Crippen molar-refractivity contribution in [1.82, 2.24) is 9.55 Å². The van der Waals surface area contributed by atoms with Gasteiger partial charge in [0, 0.05) is 13.3 Å². The molecular weight excluding hydrogens is 242 g/mol. The fourth-order valence-electron chi connectivity index (χ4n) is 1.56. The number of nitrogens with two attached hydrogens (primary N) is 1. The van der Waals surface area contributed by atoms with E-state index in [1.165, 1.54) is 26.3 Å². The van der Waals surface area contributed by atoms with Crippen LogP contribution in [0.5, 0.6) is 0 Å². The first kappa shape index (κ1) is 14.6. The fourth-order valence-corrected chi connectivity index (χ4v) is 1.56. The Balaban J connectivity index is 3.15. The van der Waals surface area contributed by atoms with Gasteiger partial charge in [-0.3, -0.25) is 4.57 Å². The van der Waals surface area contributed by atoms with Gasteiger partial charge < -0.3 is 25.8 Å². The second-order valence-electron chi connectivity index (χ2n) is 4.00. The van der Waals surface area contributed by atoms with Gasteiger partial charge in [0.1, 0.15) is 18.0 Å². The number of nitrogens with zero attached hydrogens (tertiary/aromatic N) is 2. The molecule has 0 fully saturated rings. The lowest BCUT2D eigenvalue weighted by atomic mass is 10.0. The van der Waals surface area contributed by atoms with E-state index < -0.39 is 30.2 Å². The molecule has 1 rings (SSSR count). The van der Waals surface area contributed by atoms with E-state index in [9.17, 15) is 15.0 Å². The number of aromatic nitrogens is 2. The maximum atomic E-state index is 11.6. The molecule has 0 aromatic carbocycles. The van der Waals surface area contributed by atoms with Crippen molar-refractivity contribution in [2.75, 3.05) is 19.5 Å². The number of rotatable bonds is 5. The summed E-state index contributed by atoms with van der Waals surface area (Å²) in [4.78, 5) is 15.0. The van der Waals surface area contributed by atoms with Gasteiger partial charge in [0.05, 0.1) is 6.61 Å². The lowest BCUT2D eigenvalue weighted by Gasteiger charge is -2.34. The van der Waals surface area contributed by atoms with Crippen molar-refractivity contribution in [3.05, 3.63) is 22.7 Å². The van der Waals surface area contributed by atoms with Gasteiger partial charge >= 0.3 is 5.69 Å². The van der Waals surface area contributed by atoms with E-state index in [1.807, 2.05) is 0 Å². The summed E-state index contributed by atoms with van der Waals surface area (Å²) in [5, 5.41) is 29.1. The molecule has 3 atom stereocenters. The molecule has 0 aliphatic carbocycles. The van der Waals surface area contributed by atoms with Crippen LogP contribution in [0.15, 0.2) is 17.1 Å². The Morgan fingerprint density at radius 3 is 2.72 bits per heavy atom. The zero-order valence-electron chi connectivity index (χ0n) is 10.1. The number of methoxy groups -OCH3 is 1. The van der Waals surface area contributed by atoms with Crippen molar-refractivity contribution in [1.29, 1.82) is 0 Å². The zero-order chi connectivity index (χ0) is 13.9. The van der Waals surface area contributed by atoms with E-state index in [0.717, 1.165) is 4.57 Å². The Morgan fingerprint density at radius 1 is 1.67 bits per heavy atom. The summed E-state index contributed by atoms with van der Waals surface area (Å²) in [6.07, 6.45) is -1.35. The summed E-state index contributed by atoms with van der Waals surface area (Å²) in [6, 6.07) is 1.31. The van der Waals surface area contributed by atoms with Crippen molar-refractivity contribution in [3.8, 4) is 0 Å². The normalized spacial score (nSPS) is 18.1. The monoisotopic (exact) mass is 259 g/mol. The van der Waals surface area contributed by atoms with Crippen molar-refractivity contribution in [2.24, 2.45) is 0 Å². The molecule has 5 N–H and O–H groups in total. The van der Waals surface area contributed by atoms with Gasteiger partial charge in [0.15, 0.2) is 5.72 Å². The minimum absolute atomic E-state index is 0.00647. The zero-order valence-corrected chi connectivity index (χ0v) is 10.1. The Hall–Kier alpha value is -1.48. The molecule has 1 unspecified atom stereocenters. The lowest BCUT2D eigenvalue weighted by Crippen LogP contribution is -2.54. The quantitative estimate of drug-likeness (QED) is 0.474. The number of hydrogen-bond donors (Lipinski definition) is 4. The number of nitrogen functional groups attached to an aromatic ring is 1. The summed E-state index contributed by atoms with van der Waals surface area (Å²) >= 11 is 0. The smallest absolute Gasteiger partial charge is 0.351 e. The van der Waals surface area contributed by atoms with E-state index in [4.69, 9.17) is 15.6 Å². The highest BCUT2D eigenvalue weighted by Gasteiger charge is 2.39. The SMILES string of the molecule is CO[C@H](CO)[C@@H](O)C(C)(O)n1ccc(N)nc1=O. The van der Waals surface area contributed by atoms with Crippen LogP contribution in [0.3, 0.4) is 0 Å². The van der Waals surface area contributed by atoms with E-state index in [0.29, 0.717) is 0 Å². The second-order valence-corrected chi connectivity index (χ2v) is 4.00. The maximum Gasteiger partial charge on any atom is 0.351 e. The van der Waals surface area contributed by atoms with E-state index >= 15 is 0 Å². The predicted octanol–water partition coefficient (Wildman–Crippen LogP) is -2.14. The first-order valence-corrected chi connectivity index (χ1v) is 5.24. The van der Waals surface area contributed by atoms with Gasteiger partial charge in [-0.15, -0.1) is 0 Å². The third kappa shape index (κ3) is 2.67. The van der Waals surface area contributed by atoms with Crippen LogP contribution in [-0.2, 0) is 10.5 Å². The van der Waals surface area contributed by atoms with E-state index in [-0.39, 0.29) is 5.82 Å². The summed E-state index contributed by atoms with van der Waals surface area (Å²) in [5.41, 5.74) is 2.53. The standard InChI is InChI=1S/C10H17N3O5/c1-10(17,8(15)6(5-14)18-2)13-4-3-7(11)12-9(13)16/h3-4,6,8,14-15,17H,5H2,1-2H3,(H2,11,12,16)/t6-,8-,10?/m1/s1. The Kier molecular flexibility index (Phi) is 4.41. The van der Waals surface area contributed by atoms with Crippen LogP contribution < -0.4 is 11.4 Å². The summed E-state index contributed by atoms with van der Waals surface area (Å²) in [5.74, 6) is 0.00647. The van der Waals surface area contributed by atoms with Crippen LogP contribution >= 0.6 is 0 Å². The third-order valence-electron chi connectivity index (χ3n) is 2.71. The first-order chi connectivity index (χ1) is 8.34. The highest BCUT2D eigenvalue weighted by atomic mass is 16.5. The lowest BCUT2D eigenvalue weighted by molar-refractivity contribution is -0.178. The Bertz CT molecular complexity index is 455. The molecule has 8 nitrogen and oxygen atoms in total. The van der Waals surface area contributed by atoms with Crippen LogP contribution in [0.1, 0.15) is 6.92 Å². The average Bonchev–Trinajstić information content (AvgIpc) is 2.29. The summed E-state index contributed by atoms with van der Waals surface area (Å²) in [6.45, 7) is 0.698. The first-order valence-electron chi connectivity index (χ1n) is 5.24. The summed E-state index contributed by atoms with van der Waals surface area (Å²) < 4.78 is 5.63. The highest BCUT2D eigenvalue weighted by molar-refractivity contribution is 5.23. The van der Waals surface area contributed by atoms with Crippen molar-refractivity contribution < 1.29 is 20.1 Å². The molecule has 0 amide bonds. The van der Waals surface area contributed by atoms with Crippen LogP contribution in [0.2, 0.25) is 0 Å². The maximum absolute atomic E-state index is 11.6. The van der Waals surface area contributed by atoms with Crippen LogP contribution in [-0.4, -0.2) is 50.8 Å². The van der Waals surface area contributed by atoms with Crippen molar-refractivity contribution >= 4 is 5.82 Å². The van der Waals surface area contributed by atoms with Gasteiger partial charge in [-0.1, -0.05) is 0 Å². The topological polar surface area (TPSA) is 131 Å². The predicted molar refractivity (Wildman–Crippen MR) is 62.7 cm³/mol. The van der Waals surface area contributed by atoms with Gasteiger partial charge in [0.2, 0.25) is 0 Å². The molecule has 0 radical (unpaired) electrons. The van der Waals surface area contributed by atoms with Crippen molar-refractivity contribution in [2.45, 2.75) is 24.9 Å². The van der Waals surface area contributed by atoms with E-state index in [2.05, 4.69) is 4.98 Å². The summed E-state index contributed by atoms with van der Waals surface area (Å²) in [7, 11) is 1.27. The molecule has 0 saturated heterocycles. The Morgan fingerprint density at radius 2 is 2.28 bits per heavy atom. The minimum Gasteiger partial charge on any atom is -0.394 e. The molecule has 0 bridgehead atoms. The molecule has 1 aromatic heterocycles. The molecule has 0 spiro atoms. The molecule has 1 heterocycles. The largest absolute Gasteiger partial charge is 0.394 e. The molecular formula is C10H17N3O5. The van der Waals surface area contributed by atoms with Gasteiger partial charge in [0.25, 0.3) is 0 Å². The second kappa shape index (κ2) is 5.44. The third-order valence-corrected chi connectivity index (χ3v) is 2.71. The molecule has 8 heteroatoms. The Labute approximate surface area is 103 Å². The minimum atomic E-state index is -1.98. The molecule has 0 aliphatic rings. The highest BCUT2D eigenvalue weighted by Crippen LogP contribution is 2.19. The fraction of sp³-hybridized carbons (Fsp3) is 0.600. The van der Waals surface area contributed by atoms with E-state index in [1.54, 1.807) is 0 Å². The van der Waals surface area contributed by atoms with Crippen LogP contribution in [0.4, 0.5) is 5.82 Å². The molecule has 0 aliphatic heterocycles. The van der Waals surface area contributed by atoms with Gasteiger partial charge in [-0.25, -0.2) is 4.79 Å². The number of anilines is 1. The van der Waals surface area contributed by atoms with Crippen LogP contribution in [0, 0.1) is 0 Å². The number of aliphatic hydroxyl groups is 3. The van der Waals surface area contributed by atoms with Gasteiger partial charge in [-0.05, 0) is 13.0 Å². The van der Waals surface area contributed by atoms with Gasteiger partial charge in [-0.2, -0.15) is 4.98 Å². The number of aliphatic hydroxyl groups excluding tert-OH is 2. The molecule has 18 heavy (non-hydrogen) atoms.